The molecule has 4 heterocycles. The number of likely N-dealkylation sites (tertiary alicyclic amines) is 1. The molecule has 0 radical (unpaired) electrons. The summed E-state index contributed by atoms with van der Waals surface area (Å²) in [6.45, 7) is 1.77. The molecule has 2 fully saturated rings. The van der Waals surface area contributed by atoms with Gasteiger partial charge in [0.2, 0.25) is 0 Å². The van der Waals surface area contributed by atoms with Crippen LogP contribution in [0.4, 0.5) is 13.2 Å². The third kappa shape index (κ3) is 4.69. The second-order valence-corrected chi connectivity index (χ2v) is 12.7. The Bertz CT molecular complexity index is 1640. The van der Waals surface area contributed by atoms with Gasteiger partial charge in [-0.15, -0.1) is 11.3 Å². The second kappa shape index (κ2) is 10.4. The molecule has 12 heteroatoms. The number of alkyl halides is 3. The molecule has 3 aromatic rings. The zero-order valence-electron chi connectivity index (χ0n) is 23.8. The predicted molar refractivity (Wildman–Crippen MR) is 154 cm³/mol. The van der Waals surface area contributed by atoms with E-state index in [1.54, 1.807) is 18.2 Å². The van der Waals surface area contributed by atoms with Gasteiger partial charge in [0.1, 0.15) is 17.0 Å². The molecule has 8 nitrogen and oxygen atoms in total. The number of fused-ring (bicyclic) bond motifs is 3. The smallest absolute Gasteiger partial charge is 0.416 e. The fraction of sp³-hybridized carbons (Fsp3) is 0.452. The van der Waals surface area contributed by atoms with Crippen LogP contribution in [0.1, 0.15) is 65.4 Å². The molecule has 1 saturated carbocycles. The number of hydrogen-bond donors (Lipinski definition) is 2. The third-order valence-electron chi connectivity index (χ3n) is 9.23. The fourth-order valence-corrected chi connectivity index (χ4v) is 7.41. The number of aryl methyl sites for hydroxylation is 1. The highest BCUT2D eigenvalue weighted by molar-refractivity contribution is 7.13. The standard InChI is InChI=1S/C31H31F3N4O4S/c1-29(28(41)31(32,33)34)8-5-11-38(29)27(40)22-16-21(24-6-3-13-43-24)25-19-15-20(26(39)36-30(17-35)9-4-10-30)23(42-2)14-18(19)7-12-37(22)25/h3,6,13-16,28,41H,4-5,7-12H2,1-2H3,(H,36,39)/t28-,29+/m0/s1. The van der Waals surface area contributed by atoms with E-state index in [4.69, 9.17) is 4.74 Å². The number of thiophene rings is 1. The molecule has 3 aliphatic rings. The molecule has 2 atom stereocenters. The highest BCUT2D eigenvalue weighted by atomic mass is 32.1. The Balaban J connectivity index is 1.47. The van der Waals surface area contributed by atoms with E-state index in [-0.39, 0.29) is 24.2 Å². The van der Waals surface area contributed by atoms with Crippen LogP contribution < -0.4 is 10.1 Å². The number of hydrogen-bond acceptors (Lipinski definition) is 6. The summed E-state index contributed by atoms with van der Waals surface area (Å²) in [5, 5.41) is 24.7. The number of halogens is 3. The van der Waals surface area contributed by atoms with Crippen LogP contribution in [0.25, 0.3) is 21.7 Å². The largest absolute Gasteiger partial charge is 0.496 e. The minimum Gasteiger partial charge on any atom is -0.496 e. The van der Waals surface area contributed by atoms with E-state index < -0.39 is 35.2 Å². The Hall–Kier alpha value is -3.82. The van der Waals surface area contributed by atoms with Gasteiger partial charge in [-0.1, -0.05) is 6.07 Å². The van der Waals surface area contributed by atoms with Crippen molar-refractivity contribution in [3.8, 4) is 33.5 Å². The molecule has 6 rings (SSSR count). The average Bonchev–Trinajstić information content (AvgIpc) is 3.72. The fourth-order valence-electron chi connectivity index (χ4n) is 6.67. The van der Waals surface area contributed by atoms with Gasteiger partial charge in [0.25, 0.3) is 11.8 Å². The van der Waals surface area contributed by atoms with E-state index in [1.165, 1.54) is 25.4 Å². The lowest BCUT2D eigenvalue weighted by Gasteiger charge is -2.40. The van der Waals surface area contributed by atoms with E-state index in [1.807, 2.05) is 22.1 Å². The lowest BCUT2D eigenvalue weighted by Crippen LogP contribution is -2.58. The first-order valence-corrected chi connectivity index (χ1v) is 15.1. The van der Waals surface area contributed by atoms with Crippen LogP contribution in [0.5, 0.6) is 5.75 Å². The molecule has 1 saturated heterocycles. The molecule has 43 heavy (non-hydrogen) atoms. The molecule has 0 bridgehead atoms. The third-order valence-corrected chi connectivity index (χ3v) is 10.1. The number of amides is 2. The van der Waals surface area contributed by atoms with E-state index in [2.05, 4.69) is 11.4 Å². The molecule has 2 aliphatic heterocycles. The number of carbonyl (C=O) groups excluding carboxylic acids is 2. The summed E-state index contributed by atoms with van der Waals surface area (Å²) in [6.07, 6.45) is -4.72. The number of methoxy groups -OCH3 is 1. The van der Waals surface area contributed by atoms with Gasteiger partial charge in [0.05, 0.1) is 30.0 Å². The Morgan fingerprint density at radius 1 is 1.16 bits per heavy atom. The number of benzene rings is 1. The van der Waals surface area contributed by atoms with Crippen molar-refractivity contribution in [2.45, 2.75) is 75.4 Å². The van der Waals surface area contributed by atoms with E-state index in [0.29, 0.717) is 49.2 Å². The Morgan fingerprint density at radius 3 is 2.53 bits per heavy atom. The molecule has 2 amide bonds. The molecule has 1 aromatic carbocycles. The molecular formula is C31H31F3N4O4S. The van der Waals surface area contributed by atoms with Crippen LogP contribution in [0.2, 0.25) is 0 Å². The van der Waals surface area contributed by atoms with Crippen LogP contribution >= 0.6 is 11.3 Å². The van der Waals surface area contributed by atoms with Crippen LogP contribution in [0.3, 0.4) is 0 Å². The summed E-state index contributed by atoms with van der Waals surface area (Å²) in [4.78, 5) is 29.6. The number of ether oxygens (including phenoxy) is 1. The molecule has 2 aromatic heterocycles. The van der Waals surface area contributed by atoms with Crippen LogP contribution in [0, 0.1) is 11.3 Å². The van der Waals surface area contributed by atoms with Crippen molar-refractivity contribution in [1.29, 1.82) is 5.26 Å². The molecule has 226 valence electrons. The lowest BCUT2D eigenvalue weighted by molar-refractivity contribution is -0.232. The number of nitrogens with one attached hydrogen (secondary N) is 1. The summed E-state index contributed by atoms with van der Waals surface area (Å²) >= 11 is 1.46. The van der Waals surface area contributed by atoms with E-state index in [0.717, 1.165) is 27.3 Å². The summed E-state index contributed by atoms with van der Waals surface area (Å²) in [5.74, 6) is -0.651. The normalized spacial score (nSPS) is 21.3. The number of aliphatic hydroxyl groups is 1. The van der Waals surface area contributed by atoms with Gasteiger partial charge >= 0.3 is 6.18 Å². The molecule has 1 aliphatic carbocycles. The first-order valence-electron chi connectivity index (χ1n) is 14.2. The van der Waals surface area contributed by atoms with Crippen LogP contribution in [0.15, 0.2) is 35.7 Å². The molecular weight excluding hydrogens is 581 g/mol. The van der Waals surface area contributed by atoms with Crippen LogP contribution in [-0.4, -0.2) is 63.4 Å². The Labute approximate surface area is 250 Å². The second-order valence-electron chi connectivity index (χ2n) is 11.7. The van der Waals surface area contributed by atoms with Gasteiger partial charge in [0.15, 0.2) is 6.10 Å². The maximum absolute atomic E-state index is 14.1. The predicted octanol–water partition coefficient (Wildman–Crippen LogP) is 5.54. The summed E-state index contributed by atoms with van der Waals surface area (Å²) in [5.41, 5.74) is 0.775. The van der Waals surface area contributed by atoms with Crippen molar-refractivity contribution in [3.05, 3.63) is 52.5 Å². The van der Waals surface area contributed by atoms with Crippen molar-refractivity contribution in [2.24, 2.45) is 0 Å². The highest BCUT2D eigenvalue weighted by Gasteiger charge is 2.56. The molecule has 0 spiro atoms. The molecule has 0 unspecified atom stereocenters. The SMILES string of the molecule is COc1cc2c(cc1C(=O)NC1(C#N)CCC1)-c1c(-c3cccs3)cc(C(=O)N3CCC[C@]3(C)[C@H](O)C(F)(F)F)n1CC2. The number of nitrogens with zero attached hydrogens (tertiary/aromatic N) is 3. The van der Waals surface area contributed by atoms with Crippen molar-refractivity contribution < 1.29 is 32.6 Å². The average molecular weight is 613 g/mol. The number of aliphatic hydroxyl groups excluding tert-OH is 1. The van der Waals surface area contributed by atoms with Gasteiger partial charge in [-0.2, -0.15) is 18.4 Å². The number of aromatic nitrogens is 1. The van der Waals surface area contributed by atoms with E-state index in [9.17, 15) is 33.1 Å². The minimum absolute atomic E-state index is 0.0239. The quantitative estimate of drug-likeness (QED) is 0.380. The van der Waals surface area contributed by atoms with Gasteiger partial charge in [-0.3, -0.25) is 9.59 Å². The highest BCUT2D eigenvalue weighted by Crippen LogP contribution is 2.46. The van der Waals surface area contributed by atoms with Gasteiger partial charge in [-0.25, -0.2) is 0 Å². The zero-order chi connectivity index (χ0) is 30.7. The van der Waals surface area contributed by atoms with Crippen LogP contribution in [-0.2, 0) is 13.0 Å². The number of rotatable bonds is 6. The van der Waals surface area contributed by atoms with Crippen molar-refractivity contribution in [1.82, 2.24) is 14.8 Å². The summed E-state index contributed by atoms with van der Waals surface area (Å²) in [7, 11) is 1.48. The number of carbonyl (C=O) groups is 2. The maximum Gasteiger partial charge on any atom is 0.416 e. The zero-order valence-corrected chi connectivity index (χ0v) is 24.6. The van der Waals surface area contributed by atoms with E-state index >= 15 is 0 Å². The first-order chi connectivity index (χ1) is 20.4. The van der Waals surface area contributed by atoms with Gasteiger partial charge < -0.3 is 24.6 Å². The van der Waals surface area contributed by atoms with Crippen molar-refractivity contribution in [3.63, 3.8) is 0 Å². The minimum atomic E-state index is -4.88. The van der Waals surface area contributed by atoms with Crippen molar-refractivity contribution in [2.75, 3.05) is 13.7 Å². The summed E-state index contributed by atoms with van der Waals surface area (Å²) in [6, 6.07) is 11.2. The first kappa shape index (κ1) is 29.3. The maximum atomic E-state index is 14.1. The monoisotopic (exact) mass is 612 g/mol. The molecule has 2 N–H and O–H groups in total. The van der Waals surface area contributed by atoms with Gasteiger partial charge in [0, 0.05) is 29.1 Å². The van der Waals surface area contributed by atoms with Crippen molar-refractivity contribution >= 4 is 23.2 Å². The van der Waals surface area contributed by atoms with Gasteiger partial charge in [-0.05, 0) is 80.7 Å². The lowest BCUT2D eigenvalue weighted by atomic mass is 9.78. The topological polar surface area (TPSA) is 108 Å². The Kier molecular flexibility index (Phi) is 7.09. The Morgan fingerprint density at radius 2 is 1.93 bits per heavy atom. The number of nitriles is 1. The summed E-state index contributed by atoms with van der Waals surface area (Å²) < 4.78 is 48.4.